The minimum absolute atomic E-state index is 0.173. The maximum Gasteiger partial charge on any atom is 0.488 e. The van der Waals surface area contributed by atoms with Crippen LogP contribution in [0, 0.1) is 69.0 Å². The van der Waals surface area contributed by atoms with Gasteiger partial charge in [0.15, 0.2) is 0 Å². The molecule has 0 aromatic heterocycles. The van der Waals surface area contributed by atoms with Crippen molar-refractivity contribution in [3.05, 3.63) is 225 Å². The molecule has 0 unspecified atom stereocenters. The van der Waals surface area contributed by atoms with Gasteiger partial charge in [-0.1, -0.05) is 72.5 Å². The fourth-order valence-electron chi connectivity index (χ4n) is 6.46. The maximum absolute atomic E-state index is 11.7. The predicted molar refractivity (Wildman–Crippen MR) is 320 cm³/mol. The highest BCUT2D eigenvalue weighted by Crippen LogP contribution is 2.29. The second kappa shape index (κ2) is 36.6. The molecule has 22 heteroatoms. The van der Waals surface area contributed by atoms with E-state index in [-0.39, 0.29) is 22.6 Å². The number of rotatable bonds is 10. The van der Waals surface area contributed by atoms with Gasteiger partial charge in [0.2, 0.25) is 0 Å². The van der Waals surface area contributed by atoms with E-state index in [4.69, 9.17) is 73.8 Å². The van der Waals surface area contributed by atoms with E-state index in [1.165, 1.54) is 12.1 Å². The number of ether oxygens (including phenoxy) is 2. The van der Waals surface area contributed by atoms with Crippen molar-refractivity contribution >= 4 is 71.7 Å². The number of benzene rings is 8. The molecule has 0 spiro atoms. The molecule has 14 N–H and O–H groups in total. The molecule has 0 fully saturated rings. The number of carbonyl (C=O) groups is 4. The smallest absolute Gasteiger partial charge is 0.488 e. The van der Waals surface area contributed by atoms with Gasteiger partial charge in [0.05, 0.1) is 70.9 Å². The first-order chi connectivity index (χ1) is 40.5. The summed E-state index contributed by atoms with van der Waals surface area (Å²) in [6, 6.07) is 54.8. The molecular formula is C62H54B2N10O10. The van der Waals surface area contributed by atoms with Crippen molar-refractivity contribution in [2.45, 2.75) is 13.8 Å². The fraction of sp³-hybridized carbons (Fsp3) is 0.0645. The summed E-state index contributed by atoms with van der Waals surface area (Å²) >= 11 is 0. The van der Waals surface area contributed by atoms with Gasteiger partial charge in [-0.25, -0.2) is 11.7 Å². The number of nitrogens with one attached hydrogen (secondary N) is 2. The second-order valence-corrected chi connectivity index (χ2v) is 16.5. The highest BCUT2D eigenvalue weighted by molar-refractivity contribution is 6.58. The number of hydrogen-bond donors (Lipinski definition) is 10. The predicted octanol–water partition coefficient (Wildman–Crippen LogP) is 4.32. The Hall–Kier alpha value is -11.5. The van der Waals surface area contributed by atoms with Gasteiger partial charge in [0.25, 0.3) is 11.8 Å². The summed E-state index contributed by atoms with van der Waals surface area (Å²) in [5, 5.41) is 72.0. The fourth-order valence-corrected chi connectivity index (χ4v) is 6.46. The molecule has 0 aliphatic heterocycles. The number of hydrazine groups is 2. The quantitative estimate of drug-likeness (QED) is 0.0173. The largest absolute Gasteiger partial charge is 0.493 e. The molecule has 0 atom stereocenters. The molecule has 0 radical (unpaired) electrons. The van der Waals surface area contributed by atoms with E-state index < -0.39 is 26.1 Å². The van der Waals surface area contributed by atoms with E-state index >= 15 is 0 Å². The van der Waals surface area contributed by atoms with Crippen LogP contribution in [-0.4, -0.2) is 71.9 Å². The summed E-state index contributed by atoms with van der Waals surface area (Å²) in [6.45, 7) is 4.15. The summed E-state index contributed by atoms with van der Waals surface area (Å²) in [6.07, 6.45) is 1.49. The van der Waals surface area contributed by atoms with Crippen LogP contribution in [0.4, 0.5) is 11.4 Å². The summed E-state index contributed by atoms with van der Waals surface area (Å²) in [7, 11) is -2.97. The monoisotopic (exact) mass is 1120 g/mol. The molecule has 0 saturated heterocycles. The summed E-state index contributed by atoms with van der Waals surface area (Å²) < 4.78 is 10.7. The van der Waals surface area contributed by atoms with Crippen LogP contribution in [0.5, 0.6) is 11.5 Å². The van der Waals surface area contributed by atoms with Gasteiger partial charge in [-0.15, -0.1) is 0 Å². The number of aldehydes is 2. The van der Waals surface area contributed by atoms with Gasteiger partial charge in [-0.3, -0.25) is 30.0 Å². The number of nitriles is 4. The van der Waals surface area contributed by atoms with Crippen molar-refractivity contribution in [3.63, 3.8) is 0 Å². The van der Waals surface area contributed by atoms with E-state index in [1.807, 2.05) is 47.3 Å². The standard InChI is InChI=1S/C16H12B2O4.C12H18N4O4.C12H6N2.C8H4N2.C8H6O2.C6H8N2/c19-17(20)15-9-5-13(6-10-15)3-1-2-4-14-7-11-16(12-8-14)18(21)22;1-3-19-9-5-8(12(18)16-14)10(20-4-2)6-7(9)11(17)15-13;13-7-9-1-3-11-6-10(8-14)2-4-12(11)5-9;2*9-5-7-1-2-8(6-10)4-3-7;7-5-1-2-6(8)4-3-5/h5-12,19-22H;5-6H,3-4,13-14H2,1-2H3,(H,15,17)(H,16,18);1-6H;1-4H;1-6H;1-4H,7-8H2. The van der Waals surface area contributed by atoms with Crippen LogP contribution in [0.2, 0.25) is 0 Å². The normalized spacial score (nSPS) is 9.10. The van der Waals surface area contributed by atoms with Gasteiger partial charge in [-0.2, -0.15) is 21.0 Å². The Morgan fingerprint density at radius 2 is 0.762 bits per heavy atom. The van der Waals surface area contributed by atoms with Crippen molar-refractivity contribution in [1.29, 1.82) is 21.0 Å². The van der Waals surface area contributed by atoms with Crippen LogP contribution in [0.25, 0.3) is 10.8 Å². The zero-order valence-corrected chi connectivity index (χ0v) is 45.2. The van der Waals surface area contributed by atoms with Crippen LogP contribution in [0.3, 0.4) is 0 Å². The number of nitrogens with two attached hydrogens (primary N) is 4. The lowest BCUT2D eigenvalue weighted by atomic mass is 9.80. The molecule has 2 amide bonds. The van der Waals surface area contributed by atoms with Crippen molar-refractivity contribution in [3.8, 4) is 59.5 Å². The van der Waals surface area contributed by atoms with Crippen molar-refractivity contribution in [2.24, 2.45) is 11.7 Å². The molecule has 418 valence electrons. The molecule has 0 aliphatic rings. The topological polar surface area (TPSA) is 391 Å². The van der Waals surface area contributed by atoms with E-state index in [2.05, 4.69) is 35.8 Å². The minimum Gasteiger partial charge on any atom is -0.493 e. The number of anilines is 2. The number of hydrogen-bond acceptors (Lipinski definition) is 18. The SMILES string of the molecule is CCOc1cc(C(=O)NN)c(OCC)cc1C(=O)NN.N#Cc1ccc(C#N)cc1.N#Cc1ccc2cc(C#N)ccc2c1.Nc1ccc(N)cc1.O=Cc1ccc(C=O)cc1.OB(O)c1ccc(C#CC#Cc2ccc(B(O)O)cc2)cc1. The Morgan fingerprint density at radius 3 is 1.02 bits per heavy atom. The number of fused-ring (bicyclic) bond motifs is 1. The summed E-state index contributed by atoms with van der Waals surface area (Å²) in [5.74, 6) is 20.7. The number of nitrogen functional groups attached to an aromatic ring is 4. The third kappa shape index (κ3) is 23.0. The highest BCUT2D eigenvalue weighted by Gasteiger charge is 2.21. The van der Waals surface area contributed by atoms with Gasteiger partial charge < -0.3 is 41.0 Å². The van der Waals surface area contributed by atoms with Gasteiger partial charge in [-0.05, 0) is 157 Å². The van der Waals surface area contributed by atoms with Crippen LogP contribution in [0.1, 0.15) is 88.7 Å². The van der Waals surface area contributed by atoms with Crippen LogP contribution in [-0.2, 0) is 0 Å². The molecule has 84 heavy (non-hydrogen) atoms. The van der Waals surface area contributed by atoms with E-state index in [1.54, 1.807) is 147 Å². The Balaban J connectivity index is 0.000000274. The highest BCUT2D eigenvalue weighted by atomic mass is 16.5. The second-order valence-electron chi connectivity index (χ2n) is 16.5. The molecule has 8 aromatic rings. The Bertz CT molecular complexity index is 3530. The first kappa shape index (κ1) is 66.7. The van der Waals surface area contributed by atoms with Crippen LogP contribution < -0.4 is 54.4 Å². The number of amides is 2. The zero-order valence-electron chi connectivity index (χ0n) is 45.2. The zero-order chi connectivity index (χ0) is 61.8. The van der Waals surface area contributed by atoms with Gasteiger partial charge in [0, 0.05) is 33.6 Å². The lowest BCUT2D eigenvalue weighted by Crippen LogP contribution is -2.32. The average Bonchev–Trinajstić information content (AvgIpc) is 3.56. The third-order valence-corrected chi connectivity index (χ3v) is 10.7. The lowest BCUT2D eigenvalue weighted by molar-refractivity contribution is 0.0935. The first-order valence-corrected chi connectivity index (χ1v) is 24.8. The molecular weight excluding hydrogens is 1070 g/mol. The molecule has 0 saturated carbocycles. The number of carbonyl (C=O) groups excluding carboxylic acids is 4. The average molecular weight is 1120 g/mol. The van der Waals surface area contributed by atoms with E-state index in [0.717, 1.165) is 45.8 Å². The number of nitrogens with zero attached hydrogens (tertiary/aromatic N) is 4. The molecule has 8 rings (SSSR count). The van der Waals surface area contributed by atoms with Crippen molar-refractivity contribution in [2.75, 3.05) is 24.7 Å². The molecule has 0 heterocycles. The summed E-state index contributed by atoms with van der Waals surface area (Å²) in [5.41, 5.74) is 22.5. The van der Waals surface area contributed by atoms with Crippen molar-refractivity contribution < 1.29 is 48.7 Å². The first-order valence-electron chi connectivity index (χ1n) is 24.8. The molecule has 8 aromatic carbocycles. The summed E-state index contributed by atoms with van der Waals surface area (Å²) in [4.78, 5) is 43.7. The van der Waals surface area contributed by atoms with Crippen LogP contribution in [0.15, 0.2) is 170 Å². The Kier molecular flexibility index (Phi) is 29.1. The maximum atomic E-state index is 11.7. The van der Waals surface area contributed by atoms with Gasteiger partial charge in [0.1, 0.15) is 24.1 Å². The Labute approximate surface area is 485 Å². The van der Waals surface area contributed by atoms with Gasteiger partial charge >= 0.3 is 14.2 Å². The molecule has 0 bridgehead atoms. The van der Waals surface area contributed by atoms with E-state index in [0.29, 0.717) is 57.5 Å². The minimum atomic E-state index is -1.48. The Morgan fingerprint density at radius 1 is 0.464 bits per heavy atom. The molecule has 20 nitrogen and oxygen atoms in total. The van der Waals surface area contributed by atoms with Crippen LogP contribution >= 0.6 is 0 Å². The molecule has 0 aliphatic carbocycles. The lowest BCUT2D eigenvalue weighted by Gasteiger charge is -2.15. The van der Waals surface area contributed by atoms with Crippen molar-refractivity contribution in [1.82, 2.24) is 10.9 Å². The third-order valence-electron chi connectivity index (χ3n) is 10.7. The van der Waals surface area contributed by atoms with E-state index in [9.17, 15) is 19.2 Å².